The molecule has 2 aliphatic rings. The molecule has 0 aliphatic carbocycles. The summed E-state index contributed by atoms with van der Waals surface area (Å²) in [4.78, 5) is 6.95. The van der Waals surface area contributed by atoms with E-state index in [-0.39, 0.29) is 6.10 Å². The third kappa shape index (κ3) is 7.61. The maximum atomic E-state index is 5.81. The zero-order chi connectivity index (χ0) is 20.3. The Kier molecular flexibility index (Phi) is 9.25. The number of ether oxygens (including phenoxy) is 2. The van der Waals surface area contributed by atoms with Crippen molar-refractivity contribution in [1.29, 1.82) is 0 Å². The topological polar surface area (TPSA) is 58.1 Å². The molecule has 2 unspecified atom stereocenters. The molecule has 2 fully saturated rings. The highest BCUT2D eigenvalue weighted by atomic mass is 16.5. The first-order chi connectivity index (χ1) is 14.2. The SMILES string of the molecule is CN=C(NCCCOC1CCOC1)NCc1ccccc1CN1CCCC(C)C1. The van der Waals surface area contributed by atoms with Crippen molar-refractivity contribution >= 4 is 5.96 Å². The van der Waals surface area contributed by atoms with E-state index in [0.29, 0.717) is 0 Å². The van der Waals surface area contributed by atoms with Gasteiger partial charge in [0.1, 0.15) is 0 Å². The number of benzene rings is 1. The van der Waals surface area contributed by atoms with Crippen LogP contribution in [0.2, 0.25) is 0 Å². The van der Waals surface area contributed by atoms with E-state index in [1.54, 1.807) is 0 Å². The molecule has 6 nitrogen and oxygen atoms in total. The second kappa shape index (κ2) is 12.2. The fourth-order valence-corrected chi connectivity index (χ4v) is 4.13. The van der Waals surface area contributed by atoms with Crippen molar-refractivity contribution in [2.45, 2.75) is 51.8 Å². The van der Waals surface area contributed by atoms with E-state index in [4.69, 9.17) is 9.47 Å². The number of aliphatic imine (C=N–C) groups is 1. The van der Waals surface area contributed by atoms with Gasteiger partial charge in [-0.2, -0.15) is 0 Å². The van der Waals surface area contributed by atoms with Crippen LogP contribution in [0.3, 0.4) is 0 Å². The molecule has 29 heavy (non-hydrogen) atoms. The minimum absolute atomic E-state index is 0.284. The Bertz CT molecular complexity index is 631. The van der Waals surface area contributed by atoms with E-state index in [2.05, 4.69) is 51.7 Å². The summed E-state index contributed by atoms with van der Waals surface area (Å²) in [6, 6.07) is 8.76. The maximum Gasteiger partial charge on any atom is 0.191 e. The summed E-state index contributed by atoms with van der Waals surface area (Å²) in [5.74, 6) is 1.65. The highest BCUT2D eigenvalue weighted by molar-refractivity contribution is 5.79. The summed E-state index contributed by atoms with van der Waals surface area (Å²) in [7, 11) is 1.82. The molecule has 0 radical (unpaired) electrons. The van der Waals surface area contributed by atoms with Gasteiger partial charge in [0.25, 0.3) is 0 Å². The number of hydrogen-bond acceptors (Lipinski definition) is 4. The van der Waals surface area contributed by atoms with Crippen molar-refractivity contribution in [1.82, 2.24) is 15.5 Å². The standard InChI is InChI=1S/C23H38N4O2/c1-19-7-5-12-27(16-19)17-21-9-4-3-8-20(21)15-26-23(24-2)25-11-6-13-29-22-10-14-28-18-22/h3-4,8-9,19,22H,5-7,10-18H2,1-2H3,(H2,24,25,26). The first-order valence-corrected chi connectivity index (χ1v) is 11.2. The van der Waals surface area contributed by atoms with E-state index in [1.807, 2.05) is 7.05 Å². The third-order valence-electron chi connectivity index (χ3n) is 5.78. The molecule has 0 spiro atoms. The van der Waals surface area contributed by atoms with E-state index in [0.717, 1.165) is 64.2 Å². The molecular formula is C23H38N4O2. The first-order valence-electron chi connectivity index (χ1n) is 11.2. The molecule has 2 aliphatic heterocycles. The zero-order valence-corrected chi connectivity index (χ0v) is 18.2. The highest BCUT2D eigenvalue weighted by Crippen LogP contribution is 2.19. The van der Waals surface area contributed by atoms with Gasteiger partial charge >= 0.3 is 0 Å². The Labute approximate surface area is 176 Å². The lowest BCUT2D eigenvalue weighted by molar-refractivity contribution is 0.0420. The average Bonchev–Trinajstić information content (AvgIpc) is 3.24. The summed E-state index contributed by atoms with van der Waals surface area (Å²) in [6.07, 6.45) is 4.94. The van der Waals surface area contributed by atoms with E-state index >= 15 is 0 Å². The van der Waals surface area contributed by atoms with Gasteiger partial charge < -0.3 is 20.1 Å². The minimum Gasteiger partial charge on any atom is -0.379 e. The molecule has 2 atom stereocenters. The number of rotatable bonds is 9. The van der Waals surface area contributed by atoms with Crippen molar-refractivity contribution in [3.8, 4) is 0 Å². The number of piperidine rings is 1. The van der Waals surface area contributed by atoms with Crippen LogP contribution in [0.1, 0.15) is 43.7 Å². The lowest BCUT2D eigenvalue weighted by Gasteiger charge is -2.31. The van der Waals surface area contributed by atoms with Crippen molar-refractivity contribution in [2.75, 3.05) is 46.5 Å². The summed E-state index contributed by atoms with van der Waals surface area (Å²) >= 11 is 0. The molecule has 0 amide bonds. The Morgan fingerprint density at radius 1 is 1.24 bits per heavy atom. The summed E-state index contributed by atoms with van der Waals surface area (Å²) in [5.41, 5.74) is 2.76. The molecular weight excluding hydrogens is 364 g/mol. The number of guanidine groups is 1. The predicted molar refractivity (Wildman–Crippen MR) is 118 cm³/mol. The van der Waals surface area contributed by atoms with Gasteiger partial charge in [-0.05, 0) is 49.3 Å². The second-order valence-corrected chi connectivity index (χ2v) is 8.31. The molecule has 3 rings (SSSR count). The fourth-order valence-electron chi connectivity index (χ4n) is 4.13. The molecule has 2 N–H and O–H groups in total. The predicted octanol–water partition coefficient (Wildman–Crippen LogP) is 2.78. The van der Waals surface area contributed by atoms with E-state index in [1.165, 1.54) is 37.1 Å². The molecule has 2 saturated heterocycles. The monoisotopic (exact) mass is 402 g/mol. The van der Waals surface area contributed by atoms with Gasteiger partial charge in [-0.15, -0.1) is 0 Å². The van der Waals surface area contributed by atoms with Crippen LogP contribution in [-0.4, -0.2) is 63.5 Å². The number of nitrogens with zero attached hydrogens (tertiary/aromatic N) is 2. The third-order valence-corrected chi connectivity index (χ3v) is 5.78. The van der Waals surface area contributed by atoms with Crippen LogP contribution in [0.15, 0.2) is 29.3 Å². The van der Waals surface area contributed by atoms with Crippen LogP contribution in [-0.2, 0) is 22.6 Å². The zero-order valence-electron chi connectivity index (χ0n) is 18.2. The maximum absolute atomic E-state index is 5.81. The molecule has 2 heterocycles. The summed E-state index contributed by atoms with van der Waals surface area (Å²) in [5, 5.41) is 6.85. The number of nitrogens with one attached hydrogen (secondary N) is 2. The first kappa shape index (κ1) is 22.1. The van der Waals surface area contributed by atoms with Gasteiger partial charge in [0.05, 0.1) is 12.7 Å². The Morgan fingerprint density at radius 2 is 2.10 bits per heavy atom. The number of likely N-dealkylation sites (tertiary alicyclic amines) is 1. The molecule has 0 aromatic heterocycles. The quantitative estimate of drug-likeness (QED) is 0.378. The highest BCUT2D eigenvalue weighted by Gasteiger charge is 2.17. The van der Waals surface area contributed by atoms with Crippen LogP contribution in [0, 0.1) is 5.92 Å². The molecule has 1 aromatic carbocycles. The minimum atomic E-state index is 0.284. The lowest BCUT2D eigenvalue weighted by atomic mass is 9.99. The molecule has 0 bridgehead atoms. The molecule has 1 aromatic rings. The Morgan fingerprint density at radius 3 is 2.86 bits per heavy atom. The lowest BCUT2D eigenvalue weighted by Crippen LogP contribution is -2.38. The van der Waals surface area contributed by atoms with Crippen molar-refractivity contribution < 1.29 is 9.47 Å². The van der Waals surface area contributed by atoms with Gasteiger partial charge in [0.2, 0.25) is 0 Å². The Hall–Kier alpha value is -1.63. The number of hydrogen-bond donors (Lipinski definition) is 2. The van der Waals surface area contributed by atoms with Gasteiger partial charge in [-0.3, -0.25) is 9.89 Å². The normalized spacial score (nSPS) is 23.3. The molecule has 6 heteroatoms. The molecule has 0 saturated carbocycles. The molecule has 162 valence electrons. The van der Waals surface area contributed by atoms with Crippen LogP contribution < -0.4 is 10.6 Å². The fraction of sp³-hybridized carbons (Fsp3) is 0.696. The largest absolute Gasteiger partial charge is 0.379 e. The second-order valence-electron chi connectivity index (χ2n) is 8.31. The average molecular weight is 403 g/mol. The van der Waals surface area contributed by atoms with E-state index in [9.17, 15) is 0 Å². The van der Waals surface area contributed by atoms with Crippen LogP contribution in [0.25, 0.3) is 0 Å². The summed E-state index contributed by atoms with van der Waals surface area (Å²) in [6.45, 7) is 9.79. The van der Waals surface area contributed by atoms with Crippen molar-refractivity contribution in [3.63, 3.8) is 0 Å². The van der Waals surface area contributed by atoms with Gasteiger partial charge in [0, 0.05) is 46.4 Å². The van der Waals surface area contributed by atoms with Crippen LogP contribution in [0.5, 0.6) is 0 Å². The summed E-state index contributed by atoms with van der Waals surface area (Å²) < 4.78 is 11.1. The van der Waals surface area contributed by atoms with Gasteiger partial charge in [-0.25, -0.2) is 0 Å². The Balaban J connectivity index is 1.39. The van der Waals surface area contributed by atoms with E-state index < -0.39 is 0 Å². The van der Waals surface area contributed by atoms with Crippen LogP contribution in [0.4, 0.5) is 0 Å². The van der Waals surface area contributed by atoms with Crippen LogP contribution >= 0.6 is 0 Å². The van der Waals surface area contributed by atoms with Gasteiger partial charge in [0.15, 0.2) is 5.96 Å². The van der Waals surface area contributed by atoms with Crippen molar-refractivity contribution in [3.05, 3.63) is 35.4 Å². The van der Waals surface area contributed by atoms with Gasteiger partial charge in [-0.1, -0.05) is 31.2 Å². The smallest absolute Gasteiger partial charge is 0.191 e. The van der Waals surface area contributed by atoms with Crippen molar-refractivity contribution in [2.24, 2.45) is 10.9 Å².